The summed E-state index contributed by atoms with van der Waals surface area (Å²) in [6.07, 6.45) is -2.04. The first-order chi connectivity index (χ1) is 10.8. The molecule has 0 radical (unpaired) electrons. The fourth-order valence-corrected chi connectivity index (χ4v) is 2.59. The van der Waals surface area contributed by atoms with Gasteiger partial charge in [0.15, 0.2) is 12.0 Å². The van der Waals surface area contributed by atoms with Crippen LogP contribution in [0.5, 0.6) is 0 Å². The molecule has 0 amide bonds. The Morgan fingerprint density at radius 2 is 2.17 bits per heavy atom. The highest BCUT2D eigenvalue weighted by Crippen LogP contribution is 2.43. The van der Waals surface area contributed by atoms with Gasteiger partial charge in [-0.3, -0.25) is 5.32 Å². The summed E-state index contributed by atoms with van der Waals surface area (Å²) >= 11 is 0. The van der Waals surface area contributed by atoms with Crippen molar-refractivity contribution in [2.75, 3.05) is 13.2 Å². The van der Waals surface area contributed by atoms with E-state index in [1.807, 2.05) is 6.92 Å². The van der Waals surface area contributed by atoms with Crippen LogP contribution in [0.15, 0.2) is 24.3 Å². The van der Waals surface area contributed by atoms with Gasteiger partial charge in [-0.25, -0.2) is 13.6 Å². The van der Waals surface area contributed by atoms with Crippen molar-refractivity contribution in [1.29, 1.82) is 0 Å². The maximum atomic E-state index is 13.8. The lowest BCUT2D eigenvalue weighted by Gasteiger charge is -2.30. The van der Waals surface area contributed by atoms with E-state index in [2.05, 4.69) is 5.32 Å². The van der Waals surface area contributed by atoms with Gasteiger partial charge >= 0.3 is 5.97 Å². The molecule has 2 rings (SSSR count). The van der Waals surface area contributed by atoms with Gasteiger partial charge in [0.2, 0.25) is 0 Å². The Bertz CT molecular complexity index is 567. The molecule has 1 fully saturated rings. The third kappa shape index (κ3) is 3.68. The number of ether oxygens (including phenoxy) is 2. The van der Waals surface area contributed by atoms with Crippen LogP contribution in [0.25, 0.3) is 0 Å². The minimum atomic E-state index is -3.33. The lowest BCUT2D eigenvalue weighted by molar-refractivity contribution is -0.0973. The second-order valence-corrected chi connectivity index (χ2v) is 5.46. The Hall–Kier alpha value is -1.57. The molecule has 1 aromatic carbocycles. The Morgan fingerprint density at radius 1 is 1.43 bits per heavy atom. The molecule has 0 aliphatic carbocycles. The molecule has 2 N–H and O–H groups in total. The van der Waals surface area contributed by atoms with Gasteiger partial charge in [-0.05, 0) is 31.0 Å². The fraction of sp³-hybridized carbons (Fsp3) is 0.562. The summed E-state index contributed by atoms with van der Waals surface area (Å²) in [5.74, 6) is -3.85. The Kier molecular flexibility index (Phi) is 5.33. The molecule has 2 atom stereocenters. The molecule has 1 aliphatic heterocycles. The highest BCUT2D eigenvalue weighted by Gasteiger charge is 2.57. The number of halogens is 2. The Morgan fingerprint density at radius 3 is 2.74 bits per heavy atom. The molecule has 23 heavy (non-hydrogen) atoms. The van der Waals surface area contributed by atoms with Gasteiger partial charge in [0.1, 0.15) is 0 Å². The number of hydrogen-bond acceptors (Lipinski definition) is 5. The zero-order chi connectivity index (χ0) is 17.1. The number of benzene rings is 1. The van der Waals surface area contributed by atoms with Crippen LogP contribution < -0.4 is 5.32 Å². The number of aliphatic hydroxyl groups is 1. The minimum absolute atomic E-state index is 0.167. The van der Waals surface area contributed by atoms with Crippen LogP contribution >= 0.6 is 0 Å². The van der Waals surface area contributed by atoms with Crippen molar-refractivity contribution in [3.63, 3.8) is 0 Å². The zero-order valence-electron chi connectivity index (χ0n) is 13.1. The standard InChI is InChI=1S/C16H21F2NO4/c1-3-8-22-13(20)11-6-5-7-12(9-11)16(23-4-2)10-15(17,18)14(21)19-16/h5-7,9,14,19,21H,3-4,8,10H2,1-2H3. The van der Waals surface area contributed by atoms with E-state index in [0.29, 0.717) is 12.0 Å². The second-order valence-electron chi connectivity index (χ2n) is 5.46. The molecule has 1 aromatic rings. The topological polar surface area (TPSA) is 67.8 Å². The van der Waals surface area contributed by atoms with E-state index < -0.39 is 30.3 Å². The number of hydrogen-bond donors (Lipinski definition) is 2. The minimum Gasteiger partial charge on any atom is -0.462 e. The number of nitrogens with one attached hydrogen (secondary N) is 1. The van der Waals surface area contributed by atoms with Crippen LogP contribution in [0, 0.1) is 0 Å². The molecule has 0 saturated carbocycles. The number of alkyl halides is 2. The van der Waals surface area contributed by atoms with E-state index in [4.69, 9.17) is 9.47 Å². The quantitative estimate of drug-likeness (QED) is 0.785. The molecule has 128 valence electrons. The largest absolute Gasteiger partial charge is 0.462 e. The Labute approximate surface area is 133 Å². The Balaban J connectivity index is 2.32. The molecule has 5 nitrogen and oxygen atoms in total. The van der Waals surface area contributed by atoms with Gasteiger partial charge in [-0.15, -0.1) is 0 Å². The van der Waals surface area contributed by atoms with E-state index in [0.717, 1.165) is 0 Å². The first-order valence-electron chi connectivity index (χ1n) is 7.60. The number of aliphatic hydroxyl groups excluding tert-OH is 1. The molecule has 1 heterocycles. The normalized spacial score (nSPS) is 26.2. The van der Waals surface area contributed by atoms with Crippen molar-refractivity contribution in [2.45, 2.75) is 44.6 Å². The predicted octanol–water partition coefficient (Wildman–Crippen LogP) is 2.39. The van der Waals surface area contributed by atoms with Gasteiger partial charge in [-0.2, -0.15) is 0 Å². The summed E-state index contributed by atoms with van der Waals surface area (Å²) < 4.78 is 38.1. The van der Waals surface area contributed by atoms with Crippen molar-refractivity contribution in [3.8, 4) is 0 Å². The van der Waals surface area contributed by atoms with Crippen molar-refractivity contribution >= 4 is 5.97 Å². The molecule has 0 aromatic heterocycles. The smallest absolute Gasteiger partial charge is 0.338 e. The number of carbonyl (C=O) groups is 1. The van der Waals surface area contributed by atoms with E-state index >= 15 is 0 Å². The van der Waals surface area contributed by atoms with Crippen LogP contribution in [-0.4, -0.2) is 36.4 Å². The van der Waals surface area contributed by atoms with E-state index in [1.165, 1.54) is 6.07 Å². The second kappa shape index (κ2) is 6.90. The summed E-state index contributed by atoms with van der Waals surface area (Å²) in [6, 6.07) is 6.15. The first-order valence-corrected chi connectivity index (χ1v) is 7.60. The van der Waals surface area contributed by atoms with Crippen LogP contribution in [0.3, 0.4) is 0 Å². The fourth-order valence-electron chi connectivity index (χ4n) is 2.59. The average Bonchev–Trinajstić information content (AvgIpc) is 2.75. The highest BCUT2D eigenvalue weighted by molar-refractivity contribution is 5.89. The third-order valence-electron chi connectivity index (χ3n) is 3.65. The average molecular weight is 329 g/mol. The van der Waals surface area contributed by atoms with Crippen molar-refractivity contribution in [1.82, 2.24) is 5.32 Å². The molecule has 0 spiro atoms. The lowest BCUT2D eigenvalue weighted by Crippen LogP contribution is -2.44. The monoisotopic (exact) mass is 329 g/mol. The van der Waals surface area contributed by atoms with Crippen LogP contribution in [0.4, 0.5) is 8.78 Å². The van der Waals surface area contributed by atoms with Crippen molar-refractivity contribution in [3.05, 3.63) is 35.4 Å². The van der Waals surface area contributed by atoms with E-state index in [1.54, 1.807) is 25.1 Å². The first kappa shape index (κ1) is 17.8. The molecule has 7 heteroatoms. The van der Waals surface area contributed by atoms with E-state index in [-0.39, 0.29) is 18.8 Å². The van der Waals surface area contributed by atoms with Gasteiger partial charge < -0.3 is 14.6 Å². The van der Waals surface area contributed by atoms with Gasteiger partial charge in [0.25, 0.3) is 5.92 Å². The summed E-state index contributed by atoms with van der Waals surface area (Å²) in [7, 11) is 0. The van der Waals surface area contributed by atoms with Gasteiger partial charge in [0.05, 0.1) is 18.6 Å². The predicted molar refractivity (Wildman–Crippen MR) is 79.0 cm³/mol. The summed E-state index contributed by atoms with van der Waals surface area (Å²) in [4.78, 5) is 11.9. The van der Waals surface area contributed by atoms with Crippen molar-refractivity contribution < 1.29 is 28.2 Å². The molecule has 1 aliphatic rings. The molecule has 2 unspecified atom stereocenters. The highest BCUT2D eigenvalue weighted by atomic mass is 19.3. The number of rotatable bonds is 6. The molecule has 1 saturated heterocycles. The zero-order valence-corrected chi connectivity index (χ0v) is 13.1. The summed E-state index contributed by atoms with van der Waals surface area (Å²) in [5, 5.41) is 12.0. The summed E-state index contributed by atoms with van der Waals surface area (Å²) in [6.45, 7) is 4.00. The molecular formula is C16H21F2NO4. The van der Waals surface area contributed by atoms with Crippen LogP contribution in [-0.2, 0) is 15.2 Å². The van der Waals surface area contributed by atoms with Crippen molar-refractivity contribution in [2.24, 2.45) is 0 Å². The van der Waals surface area contributed by atoms with Crippen LogP contribution in [0.2, 0.25) is 0 Å². The third-order valence-corrected chi connectivity index (χ3v) is 3.65. The molecular weight excluding hydrogens is 308 g/mol. The SMILES string of the molecule is CCCOC(=O)c1cccc(C2(OCC)CC(F)(F)C(O)N2)c1. The maximum absolute atomic E-state index is 13.8. The number of esters is 1. The summed E-state index contributed by atoms with van der Waals surface area (Å²) in [5.41, 5.74) is -0.943. The maximum Gasteiger partial charge on any atom is 0.338 e. The number of carbonyl (C=O) groups excluding carboxylic acids is 1. The van der Waals surface area contributed by atoms with Gasteiger partial charge in [0, 0.05) is 6.61 Å². The molecule has 0 bridgehead atoms. The van der Waals surface area contributed by atoms with E-state index in [9.17, 15) is 18.7 Å². The van der Waals surface area contributed by atoms with Crippen LogP contribution in [0.1, 0.15) is 42.6 Å². The van der Waals surface area contributed by atoms with Gasteiger partial charge in [-0.1, -0.05) is 19.1 Å². The lowest BCUT2D eigenvalue weighted by atomic mass is 9.97.